The summed E-state index contributed by atoms with van der Waals surface area (Å²) in [5.41, 5.74) is 2.06. The average molecular weight is 413 g/mol. The molecule has 7 heteroatoms. The molecule has 0 radical (unpaired) electrons. The van der Waals surface area contributed by atoms with Crippen LogP contribution in [0.4, 0.5) is 0 Å². The van der Waals surface area contributed by atoms with E-state index < -0.39 is 0 Å². The van der Waals surface area contributed by atoms with Gasteiger partial charge >= 0.3 is 0 Å². The summed E-state index contributed by atoms with van der Waals surface area (Å²) in [6.07, 6.45) is 0. The lowest BCUT2D eigenvalue weighted by molar-refractivity contribution is -0.130. The highest BCUT2D eigenvalue weighted by Crippen LogP contribution is 2.15. The Balaban J connectivity index is 1.96. The number of aliphatic hydroxyl groups is 1. The first kappa shape index (κ1) is 23.2. The molecule has 30 heavy (non-hydrogen) atoms. The summed E-state index contributed by atoms with van der Waals surface area (Å²) in [5, 5.41) is 16.3. The minimum Gasteiger partial charge on any atom is -0.484 e. The van der Waals surface area contributed by atoms with Crippen LogP contribution in [0.2, 0.25) is 0 Å². The van der Waals surface area contributed by atoms with Gasteiger partial charge in [0.15, 0.2) is 12.6 Å². The summed E-state index contributed by atoms with van der Waals surface area (Å²) in [4.78, 5) is 17.8. The van der Waals surface area contributed by atoms with Crippen molar-refractivity contribution in [1.29, 1.82) is 0 Å². The molecule has 0 aromatic heterocycles. The monoisotopic (exact) mass is 412 g/mol. The first-order chi connectivity index (χ1) is 14.5. The number of rotatable bonds is 10. The molecule has 0 fully saturated rings. The number of benzene rings is 2. The molecule has 2 aromatic rings. The normalized spacial score (nSPS) is 12.2. The van der Waals surface area contributed by atoms with Crippen LogP contribution >= 0.6 is 0 Å². The van der Waals surface area contributed by atoms with E-state index in [-0.39, 0.29) is 25.0 Å². The van der Waals surface area contributed by atoms with E-state index in [4.69, 9.17) is 4.74 Å². The average Bonchev–Trinajstić information content (AvgIpc) is 2.77. The summed E-state index contributed by atoms with van der Waals surface area (Å²) in [5.74, 6) is 1.22. The Hall–Kier alpha value is -3.06. The van der Waals surface area contributed by atoms with Gasteiger partial charge < -0.3 is 25.4 Å². The van der Waals surface area contributed by atoms with Crippen molar-refractivity contribution in [2.45, 2.75) is 19.4 Å². The Kier molecular flexibility index (Phi) is 9.67. The first-order valence-corrected chi connectivity index (χ1v) is 10.1. The summed E-state index contributed by atoms with van der Waals surface area (Å²) in [6, 6.07) is 17.5. The van der Waals surface area contributed by atoms with Crippen molar-refractivity contribution >= 4 is 11.9 Å². The van der Waals surface area contributed by atoms with E-state index in [1.165, 1.54) is 4.90 Å². The Morgan fingerprint density at radius 2 is 1.90 bits per heavy atom. The van der Waals surface area contributed by atoms with Crippen LogP contribution in [0.15, 0.2) is 59.6 Å². The highest BCUT2D eigenvalue weighted by Gasteiger charge is 2.11. The third-order valence-electron chi connectivity index (χ3n) is 4.53. The molecule has 162 valence electrons. The molecular formula is C23H32N4O3. The molecular weight excluding hydrogens is 380 g/mol. The lowest BCUT2D eigenvalue weighted by Gasteiger charge is -2.18. The second kappa shape index (κ2) is 12.5. The van der Waals surface area contributed by atoms with Gasteiger partial charge in [0.05, 0.1) is 13.2 Å². The molecule has 1 atom stereocenters. The maximum atomic E-state index is 11.7. The van der Waals surface area contributed by atoms with Crippen molar-refractivity contribution in [1.82, 2.24) is 15.5 Å². The zero-order chi connectivity index (χ0) is 21.8. The molecule has 3 N–H and O–H groups in total. The van der Waals surface area contributed by atoms with Crippen molar-refractivity contribution in [3.05, 3.63) is 65.7 Å². The number of ether oxygens (including phenoxy) is 1. The van der Waals surface area contributed by atoms with Crippen molar-refractivity contribution in [3.63, 3.8) is 0 Å². The Labute approximate surface area is 178 Å². The standard InChI is InChI=1S/C23H32N4O3/c1-4-24-23(26-15-20(16-28)19-10-6-5-7-11-19)25-14-18-9-8-12-21(13-18)30-17-22(29)27(2)3/h5-13,20,28H,4,14-17H2,1-3H3,(H2,24,25,26). The minimum absolute atomic E-state index is 0.00590. The van der Waals surface area contributed by atoms with Crippen molar-refractivity contribution in [2.75, 3.05) is 40.4 Å². The minimum atomic E-state index is -0.0890. The summed E-state index contributed by atoms with van der Waals surface area (Å²) < 4.78 is 5.57. The van der Waals surface area contributed by atoms with Gasteiger partial charge in [-0.3, -0.25) is 4.79 Å². The third kappa shape index (κ3) is 7.75. The molecule has 2 rings (SSSR count). The number of aliphatic hydroxyl groups excluding tert-OH is 1. The number of guanidine groups is 1. The lowest BCUT2D eigenvalue weighted by atomic mass is 10.0. The Morgan fingerprint density at radius 1 is 1.13 bits per heavy atom. The molecule has 2 aromatic carbocycles. The summed E-state index contributed by atoms with van der Waals surface area (Å²) in [6.45, 7) is 3.84. The zero-order valence-electron chi connectivity index (χ0n) is 18.0. The second-order valence-electron chi connectivity index (χ2n) is 7.09. The predicted molar refractivity (Wildman–Crippen MR) is 120 cm³/mol. The van der Waals surface area contributed by atoms with E-state index in [1.54, 1.807) is 14.1 Å². The quantitative estimate of drug-likeness (QED) is 0.410. The van der Waals surface area contributed by atoms with Crippen molar-refractivity contribution in [3.8, 4) is 5.75 Å². The van der Waals surface area contributed by atoms with Crippen molar-refractivity contribution in [2.24, 2.45) is 4.99 Å². The number of nitrogens with zero attached hydrogens (tertiary/aromatic N) is 2. The molecule has 0 bridgehead atoms. The van der Waals surface area contributed by atoms with E-state index in [0.717, 1.165) is 17.7 Å². The van der Waals surface area contributed by atoms with Crippen LogP contribution in [0.5, 0.6) is 5.75 Å². The van der Waals surface area contributed by atoms with Crippen LogP contribution < -0.4 is 15.4 Å². The fraction of sp³-hybridized carbons (Fsp3) is 0.391. The molecule has 0 saturated carbocycles. The summed E-state index contributed by atoms with van der Waals surface area (Å²) >= 11 is 0. The van der Waals surface area contributed by atoms with E-state index in [2.05, 4.69) is 15.6 Å². The third-order valence-corrected chi connectivity index (χ3v) is 4.53. The van der Waals surface area contributed by atoms with Crippen LogP contribution in [-0.4, -0.2) is 62.3 Å². The lowest BCUT2D eigenvalue weighted by Crippen LogP contribution is -2.39. The Bertz CT molecular complexity index is 809. The molecule has 0 saturated heterocycles. The van der Waals surface area contributed by atoms with Crippen LogP contribution in [-0.2, 0) is 11.3 Å². The van der Waals surface area contributed by atoms with Crippen LogP contribution in [0.1, 0.15) is 24.0 Å². The zero-order valence-corrected chi connectivity index (χ0v) is 18.0. The number of nitrogens with one attached hydrogen (secondary N) is 2. The molecule has 1 amide bonds. The van der Waals surface area contributed by atoms with Gasteiger partial charge in [0.2, 0.25) is 0 Å². The number of hydrogen-bond donors (Lipinski definition) is 3. The topological polar surface area (TPSA) is 86.2 Å². The molecule has 0 aliphatic carbocycles. The molecule has 0 spiro atoms. The summed E-state index contributed by atoms with van der Waals surface area (Å²) in [7, 11) is 3.40. The molecule has 0 aliphatic rings. The smallest absolute Gasteiger partial charge is 0.259 e. The van der Waals surface area contributed by atoms with Gasteiger partial charge in [0.25, 0.3) is 5.91 Å². The van der Waals surface area contributed by atoms with Crippen LogP contribution in [0.3, 0.4) is 0 Å². The van der Waals surface area contributed by atoms with Crippen LogP contribution in [0, 0.1) is 0 Å². The molecule has 7 nitrogen and oxygen atoms in total. The number of carbonyl (C=O) groups is 1. The van der Waals surface area contributed by atoms with Gasteiger partial charge in [-0.25, -0.2) is 4.99 Å². The highest BCUT2D eigenvalue weighted by molar-refractivity contribution is 5.79. The highest BCUT2D eigenvalue weighted by atomic mass is 16.5. The van der Waals surface area contributed by atoms with E-state index in [1.807, 2.05) is 61.5 Å². The van der Waals surface area contributed by atoms with E-state index in [9.17, 15) is 9.90 Å². The van der Waals surface area contributed by atoms with Gasteiger partial charge in [-0.1, -0.05) is 42.5 Å². The van der Waals surface area contributed by atoms with E-state index >= 15 is 0 Å². The predicted octanol–water partition coefficient (Wildman–Crippen LogP) is 1.98. The fourth-order valence-corrected chi connectivity index (χ4v) is 2.75. The largest absolute Gasteiger partial charge is 0.484 e. The number of carbonyl (C=O) groups excluding carboxylic acids is 1. The van der Waals surface area contributed by atoms with Gasteiger partial charge in [-0.15, -0.1) is 0 Å². The maximum Gasteiger partial charge on any atom is 0.259 e. The van der Waals surface area contributed by atoms with Gasteiger partial charge in [-0.05, 0) is 30.2 Å². The second-order valence-corrected chi connectivity index (χ2v) is 7.09. The maximum absolute atomic E-state index is 11.7. The van der Waals surface area contributed by atoms with E-state index in [0.29, 0.717) is 24.8 Å². The number of hydrogen-bond acceptors (Lipinski definition) is 4. The Morgan fingerprint density at radius 3 is 2.57 bits per heavy atom. The fourth-order valence-electron chi connectivity index (χ4n) is 2.75. The van der Waals surface area contributed by atoms with Crippen molar-refractivity contribution < 1.29 is 14.6 Å². The SMILES string of the molecule is CCNC(=NCc1cccc(OCC(=O)N(C)C)c1)NCC(CO)c1ccccc1. The number of aliphatic imine (C=N–C) groups is 1. The number of likely N-dealkylation sites (N-methyl/N-ethyl adjacent to an activating group) is 1. The first-order valence-electron chi connectivity index (χ1n) is 10.1. The molecule has 1 unspecified atom stereocenters. The molecule has 0 aliphatic heterocycles. The van der Waals surface area contributed by atoms with Crippen LogP contribution in [0.25, 0.3) is 0 Å². The molecule has 0 heterocycles. The van der Waals surface area contributed by atoms with Gasteiger partial charge in [0, 0.05) is 33.1 Å². The number of amides is 1. The van der Waals surface area contributed by atoms with Gasteiger partial charge in [-0.2, -0.15) is 0 Å². The van der Waals surface area contributed by atoms with Gasteiger partial charge in [0.1, 0.15) is 5.75 Å².